The summed E-state index contributed by atoms with van der Waals surface area (Å²) in [7, 11) is 4.05. The molecule has 0 unspecified atom stereocenters. The highest BCUT2D eigenvalue weighted by molar-refractivity contribution is 5.78. The number of nitrogens with zero attached hydrogens (tertiary/aromatic N) is 1. The molecule has 0 radical (unpaired) electrons. The molecule has 2 nitrogen and oxygen atoms in total. The molecule has 0 fully saturated rings. The van der Waals surface area contributed by atoms with Gasteiger partial charge in [-0.1, -0.05) is 30.3 Å². The SMILES string of the molecule is CN(C)c1ccccc1-c1ccc(O)cc1. The molecule has 0 amide bonds. The van der Waals surface area contributed by atoms with Crippen molar-refractivity contribution in [3.05, 3.63) is 48.5 Å². The Morgan fingerprint density at radius 1 is 0.875 bits per heavy atom. The Kier molecular flexibility index (Phi) is 2.82. The van der Waals surface area contributed by atoms with Crippen molar-refractivity contribution in [2.75, 3.05) is 19.0 Å². The van der Waals surface area contributed by atoms with Gasteiger partial charge in [-0.15, -0.1) is 0 Å². The van der Waals surface area contributed by atoms with Crippen LogP contribution in [0, 0.1) is 0 Å². The van der Waals surface area contributed by atoms with Gasteiger partial charge in [0, 0.05) is 25.3 Å². The van der Waals surface area contributed by atoms with E-state index in [1.807, 2.05) is 38.4 Å². The molecule has 0 saturated carbocycles. The van der Waals surface area contributed by atoms with Gasteiger partial charge in [-0.3, -0.25) is 0 Å². The predicted octanol–water partition coefficient (Wildman–Crippen LogP) is 3.13. The summed E-state index contributed by atoms with van der Waals surface area (Å²) in [6.07, 6.45) is 0. The fourth-order valence-electron chi connectivity index (χ4n) is 1.75. The second-order valence-corrected chi connectivity index (χ2v) is 3.96. The lowest BCUT2D eigenvalue weighted by Crippen LogP contribution is -2.09. The molecule has 0 aromatic heterocycles. The maximum Gasteiger partial charge on any atom is 0.115 e. The van der Waals surface area contributed by atoms with E-state index in [4.69, 9.17) is 0 Å². The quantitative estimate of drug-likeness (QED) is 0.828. The van der Waals surface area contributed by atoms with Gasteiger partial charge in [0.15, 0.2) is 0 Å². The Balaban J connectivity index is 2.51. The van der Waals surface area contributed by atoms with Crippen LogP contribution in [0.1, 0.15) is 0 Å². The number of hydrogen-bond acceptors (Lipinski definition) is 2. The number of phenols is 1. The number of anilines is 1. The lowest BCUT2D eigenvalue weighted by Gasteiger charge is -2.17. The Morgan fingerprint density at radius 3 is 2.12 bits per heavy atom. The summed E-state index contributed by atoms with van der Waals surface area (Å²) in [6.45, 7) is 0. The molecule has 0 saturated heterocycles. The van der Waals surface area contributed by atoms with Gasteiger partial charge in [-0.2, -0.15) is 0 Å². The maximum absolute atomic E-state index is 9.27. The minimum atomic E-state index is 0.297. The van der Waals surface area contributed by atoms with Crippen LogP contribution in [0.2, 0.25) is 0 Å². The van der Waals surface area contributed by atoms with Gasteiger partial charge in [0.05, 0.1) is 0 Å². The van der Waals surface area contributed by atoms with Crippen molar-refractivity contribution < 1.29 is 5.11 Å². The monoisotopic (exact) mass is 213 g/mol. The lowest BCUT2D eigenvalue weighted by atomic mass is 10.0. The minimum absolute atomic E-state index is 0.297. The van der Waals surface area contributed by atoms with Crippen molar-refractivity contribution in [2.45, 2.75) is 0 Å². The van der Waals surface area contributed by atoms with Crippen molar-refractivity contribution in [1.29, 1.82) is 0 Å². The number of para-hydroxylation sites is 1. The fourth-order valence-corrected chi connectivity index (χ4v) is 1.75. The van der Waals surface area contributed by atoms with Crippen LogP contribution in [0.4, 0.5) is 5.69 Å². The lowest BCUT2D eigenvalue weighted by molar-refractivity contribution is 0.475. The molecule has 0 bridgehead atoms. The molecule has 2 heteroatoms. The Labute approximate surface area is 95.8 Å². The predicted molar refractivity (Wildman–Crippen MR) is 67.9 cm³/mol. The van der Waals surface area contributed by atoms with Gasteiger partial charge >= 0.3 is 0 Å². The van der Waals surface area contributed by atoms with Gasteiger partial charge < -0.3 is 10.0 Å². The number of phenolic OH excluding ortho intramolecular Hbond substituents is 1. The normalized spacial score (nSPS) is 10.1. The number of rotatable bonds is 2. The summed E-state index contributed by atoms with van der Waals surface area (Å²) in [5, 5.41) is 9.27. The molecule has 82 valence electrons. The zero-order chi connectivity index (χ0) is 11.5. The first kappa shape index (κ1) is 10.6. The Bertz CT molecular complexity index is 474. The molecular weight excluding hydrogens is 198 g/mol. The van der Waals surface area contributed by atoms with Crippen molar-refractivity contribution in [1.82, 2.24) is 0 Å². The van der Waals surface area contributed by atoms with Crippen LogP contribution in [-0.2, 0) is 0 Å². The Hall–Kier alpha value is -1.96. The van der Waals surface area contributed by atoms with Crippen molar-refractivity contribution in [2.24, 2.45) is 0 Å². The molecular formula is C14H15NO. The van der Waals surface area contributed by atoms with Gasteiger partial charge in [-0.25, -0.2) is 0 Å². The van der Waals surface area contributed by atoms with E-state index in [0.717, 1.165) is 5.56 Å². The van der Waals surface area contributed by atoms with E-state index in [1.165, 1.54) is 11.3 Å². The van der Waals surface area contributed by atoms with E-state index in [0.29, 0.717) is 5.75 Å². The summed E-state index contributed by atoms with van der Waals surface area (Å²) in [5.74, 6) is 0.297. The molecule has 2 aromatic carbocycles. The molecule has 0 aliphatic heterocycles. The van der Waals surface area contributed by atoms with Crippen molar-refractivity contribution >= 4 is 5.69 Å². The first-order valence-electron chi connectivity index (χ1n) is 5.24. The van der Waals surface area contributed by atoms with E-state index in [2.05, 4.69) is 17.0 Å². The molecule has 1 N–H and O–H groups in total. The molecule has 0 spiro atoms. The largest absolute Gasteiger partial charge is 0.508 e. The summed E-state index contributed by atoms with van der Waals surface area (Å²) in [4.78, 5) is 2.09. The molecule has 16 heavy (non-hydrogen) atoms. The molecule has 0 atom stereocenters. The number of benzene rings is 2. The molecule has 0 aliphatic carbocycles. The summed E-state index contributed by atoms with van der Waals surface area (Å²) in [6, 6.07) is 15.5. The second-order valence-electron chi connectivity index (χ2n) is 3.96. The fraction of sp³-hybridized carbons (Fsp3) is 0.143. The third-order valence-electron chi connectivity index (χ3n) is 2.56. The summed E-state index contributed by atoms with van der Waals surface area (Å²) >= 11 is 0. The van der Waals surface area contributed by atoms with Crippen molar-refractivity contribution in [3.8, 4) is 16.9 Å². The van der Waals surface area contributed by atoms with E-state index >= 15 is 0 Å². The van der Waals surface area contributed by atoms with Crippen LogP contribution in [-0.4, -0.2) is 19.2 Å². The van der Waals surface area contributed by atoms with Crippen LogP contribution in [0.3, 0.4) is 0 Å². The Morgan fingerprint density at radius 2 is 1.50 bits per heavy atom. The van der Waals surface area contributed by atoms with Gasteiger partial charge in [0.2, 0.25) is 0 Å². The number of aromatic hydroxyl groups is 1. The van der Waals surface area contributed by atoms with Crippen LogP contribution in [0.25, 0.3) is 11.1 Å². The first-order chi connectivity index (χ1) is 7.68. The molecule has 2 aromatic rings. The summed E-state index contributed by atoms with van der Waals surface area (Å²) in [5.41, 5.74) is 3.46. The van der Waals surface area contributed by atoms with Gasteiger partial charge in [0.25, 0.3) is 0 Å². The summed E-state index contributed by atoms with van der Waals surface area (Å²) < 4.78 is 0. The van der Waals surface area contributed by atoms with E-state index in [-0.39, 0.29) is 0 Å². The standard InChI is InChI=1S/C14H15NO/c1-15(2)14-6-4-3-5-13(14)11-7-9-12(16)10-8-11/h3-10,16H,1-2H3. The zero-order valence-corrected chi connectivity index (χ0v) is 9.51. The van der Waals surface area contributed by atoms with Crippen LogP contribution in [0.5, 0.6) is 5.75 Å². The highest BCUT2D eigenvalue weighted by Crippen LogP contribution is 2.30. The highest BCUT2D eigenvalue weighted by atomic mass is 16.3. The zero-order valence-electron chi connectivity index (χ0n) is 9.51. The average molecular weight is 213 g/mol. The van der Waals surface area contributed by atoms with Gasteiger partial charge in [-0.05, 0) is 23.8 Å². The van der Waals surface area contributed by atoms with Crippen LogP contribution < -0.4 is 4.90 Å². The molecule has 0 aliphatic rings. The first-order valence-corrected chi connectivity index (χ1v) is 5.24. The van der Waals surface area contributed by atoms with E-state index in [1.54, 1.807) is 12.1 Å². The minimum Gasteiger partial charge on any atom is -0.508 e. The maximum atomic E-state index is 9.27. The molecule has 2 rings (SSSR count). The van der Waals surface area contributed by atoms with Crippen LogP contribution in [0.15, 0.2) is 48.5 Å². The average Bonchev–Trinajstić information content (AvgIpc) is 2.30. The smallest absolute Gasteiger partial charge is 0.115 e. The third-order valence-corrected chi connectivity index (χ3v) is 2.56. The number of hydrogen-bond donors (Lipinski definition) is 1. The van der Waals surface area contributed by atoms with E-state index < -0.39 is 0 Å². The topological polar surface area (TPSA) is 23.5 Å². The van der Waals surface area contributed by atoms with E-state index in [9.17, 15) is 5.11 Å². The second kappa shape index (κ2) is 4.27. The molecule has 0 heterocycles. The van der Waals surface area contributed by atoms with Gasteiger partial charge in [0.1, 0.15) is 5.75 Å². The van der Waals surface area contributed by atoms with Crippen LogP contribution >= 0.6 is 0 Å². The third kappa shape index (κ3) is 2.01. The highest BCUT2D eigenvalue weighted by Gasteiger charge is 2.05. The van der Waals surface area contributed by atoms with Crippen molar-refractivity contribution in [3.63, 3.8) is 0 Å².